The van der Waals surface area contributed by atoms with Crippen molar-refractivity contribution in [1.82, 2.24) is 4.72 Å². The summed E-state index contributed by atoms with van der Waals surface area (Å²) in [5.74, 6) is 4.22. The van der Waals surface area contributed by atoms with E-state index in [1.54, 1.807) is 6.92 Å². The van der Waals surface area contributed by atoms with Crippen molar-refractivity contribution in [2.75, 3.05) is 11.9 Å². The summed E-state index contributed by atoms with van der Waals surface area (Å²) in [6.45, 7) is 1.79. The van der Waals surface area contributed by atoms with Crippen LogP contribution in [0.1, 0.15) is 66.2 Å². The molecule has 1 atom stereocenters. The number of sulfonamides is 1. The predicted molar refractivity (Wildman–Crippen MR) is 130 cm³/mol. The van der Waals surface area contributed by atoms with Crippen LogP contribution in [0.3, 0.4) is 0 Å². The molecule has 1 unspecified atom stereocenters. The van der Waals surface area contributed by atoms with Gasteiger partial charge in [0, 0.05) is 29.7 Å². The molecule has 190 valence electrons. The zero-order valence-electron chi connectivity index (χ0n) is 20.0. The fraction of sp³-hybridized carbons (Fsp3) is 0.462. The Morgan fingerprint density at radius 3 is 2.44 bits per heavy atom. The molecule has 1 aromatic heterocycles. The van der Waals surface area contributed by atoms with E-state index in [-0.39, 0.29) is 24.4 Å². The monoisotopic (exact) mass is 512 g/mol. The third-order valence-electron chi connectivity index (χ3n) is 7.02. The van der Waals surface area contributed by atoms with Crippen molar-refractivity contribution in [2.24, 2.45) is 0 Å². The summed E-state index contributed by atoms with van der Waals surface area (Å²) >= 11 is 0. The van der Waals surface area contributed by atoms with Crippen molar-refractivity contribution >= 4 is 27.7 Å². The van der Waals surface area contributed by atoms with Gasteiger partial charge in [0.25, 0.3) is 10.0 Å². The molecule has 3 aliphatic carbocycles. The highest BCUT2D eigenvalue weighted by molar-refractivity contribution is 7.89. The number of ether oxygens (including phenoxy) is 1. The van der Waals surface area contributed by atoms with Gasteiger partial charge < -0.3 is 19.6 Å². The van der Waals surface area contributed by atoms with E-state index >= 15 is 0 Å². The van der Waals surface area contributed by atoms with Crippen molar-refractivity contribution in [2.45, 2.75) is 75.4 Å². The van der Waals surface area contributed by atoms with E-state index < -0.39 is 32.7 Å². The Morgan fingerprint density at radius 1 is 1.08 bits per heavy atom. The van der Waals surface area contributed by atoms with E-state index in [1.165, 1.54) is 17.2 Å². The Kier molecular flexibility index (Phi) is 6.30. The molecular weight excluding hydrogens is 484 g/mol. The quantitative estimate of drug-likeness (QED) is 0.326. The van der Waals surface area contributed by atoms with Gasteiger partial charge in [-0.1, -0.05) is 12.0 Å². The first-order chi connectivity index (χ1) is 17.2. The Morgan fingerprint density at radius 2 is 1.78 bits per heavy atom. The van der Waals surface area contributed by atoms with Gasteiger partial charge >= 0.3 is 12.0 Å². The first-order valence-corrected chi connectivity index (χ1v) is 13.7. The number of amides is 2. The number of esters is 1. The van der Waals surface area contributed by atoms with Crippen LogP contribution in [0.15, 0.2) is 21.6 Å². The van der Waals surface area contributed by atoms with Gasteiger partial charge in [0.15, 0.2) is 5.60 Å². The molecule has 3 N–H and O–H groups in total. The molecule has 0 spiro atoms. The number of aryl methyl sites for hydroxylation is 3. The van der Waals surface area contributed by atoms with Gasteiger partial charge in [-0.15, -0.1) is 0 Å². The van der Waals surface area contributed by atoms with Gasteiger partial charge in [0.05, 0.1) is 6.61 Å². The molecule has 3 aliphatic rings. The lowest BCUT2D eigenvalue weighted by atomic mass is 9.83. The summed E-state index contributed by atoms with van der Waals surface area (Å²) in [4.78, 5) is 24.5. The number of fused-ring (bicyclic) bond motifs is 3. The predicted octanol–water partition coefficient (Wildman–Crippen LogP) is 2.86. The van der Waals surface area contributed by atoms with Gasteiger partial charge in [-0.3, -0.25) is 0 Å². The normalized spacial score (nSPS) is 19.9. The number of benzene rings is 1. The second kappa shape index (κ2) is 9.30. The summed E-state index contributed by atoms with van der Waals surface area (Å²) in [6.07, 6.45) is 6.69. The summed E-state index contributed by atoms with van der Waals surface area (Å²) in [5, 5.41) is 13.3. The van der Waals surface area contributed by atoms with Crippen molar-refractivity contribution in [3.63, 3.8) is 0 Å². The van der Waals surface area contributed by atoms with Crippen molar-refractivity contribution in [1.29, 1.82) is 0 Å². The third kappa shape index (κ3) is 4.49. The van der Waals surface area contributed by atoms with Crippen molar-refractivity contribution < 1.29 is 32.3 Å². The van der Waals surface area contributed by atoms with Gasteiger partial charge in [-0.25, -0.2) is 14.3 Å². The minimum atomic E-state index is -4.37. The Bertz CT molecular complexity index is 1380. The molecule has 0 aliphatic heterocycles. The van der Waals surface area contributed by atoms with Crippen molar-refractivity contribution in [3.8, 4) is 11.8 Å². The molecule has 0 fully saturated rings. The van der Waals surface area contributed by atoms with Gasteiger partial charge in [-0.2, -0.15) is 8.42 Å². The zero-order chi connectivity index (χ0) is 25.5. The number of anilines is 1. The van der Waals surface area contributed by atoms with Crippen LogP contribution in [0.2, 0.25) is 0 Å². The lowest BCUT2D eigenvalue weighted by Gasteiger charge is -2.25. The van der Waals surface area contributed by atoms with E-state index in [1.807, 2.05) is 4.72 Å². The third-order valence-corrected chi connectivity index (χ3v) is 8.21. The fourth-order valence-corrected chi connectivity index (χ4v) is 6.32. The number of furan rings is 1. The van der Waals surface area contributed by atoms with Crippen LogP contribution < -0.4 is 10.0 Å². The fourth-order valence-electron chi connectivity index (χ4n) is 5.44. The average Bonchev–Trinajstić information content (AvgIpc) is 3.57. The molecule has 0 saturated heterocycles. The molecular formula is C26H28N2O7S. The molecule has 2 aromatic rings. The topological polar surface area (TPSA) is 135 Å². The summed E-state index contributed by atoms with van der Waals surface area (Å²) < 4.78 is 38.4. The van der Waals surface area contributed by atoms with Crippen LogP contribution in [0, 0.1) is 11.8 Å². The Labute approximate surface area is 209 Å². The highest BCUT2D eigenvalue weighted by Crippen LogP contribution is 2.39. The smallest absolute Gasteiger partial charge is 0.384 e. The minimum Gasteiger partial charge on any atom is -0.456 e. The molecule has 2 amide bonds. The lowest BCUT2D eigenvalue weighted by molar-refractivity contribution is -0.136. The van der Waals surface area contributed by atoms with Gasteiger partial charge in [-0.05, 0) is 80.5 Å². The highest BCUT2D eigenvalue weighted by Gasteiger charge is 2.38. The maximum Gasteiger partial charge on any atom is 0.384 e. The number of hydrogen-bond acceptors (Lipinski definition) is 7. The summed E-state index contributed by atoms with van der Waals surface area (Å²) in [7, 11) is -4.37. The van der Waals surface area contributed by atoms with Crippen LogP contribution in [0.4, 0.5) is 10.5 Å². The number of nitrogens with one attached hydrogen (secondary N) is 2. The second-order valence-corrected chi connectivity index (χ2v) is 11.0. The standard InChI is InChI=1S/C26H28N2O7S/c1-2-34-22(29)11-13-26(31)12-5-10-21-20(26)15-23(35-21)36(32,33)28-25(30)27-24-18-8-3-6-16(18)14-17-7-4-9-19(17)24/h14-15,31H,2-10,12H2,1H3,(H2,27,28,30). The first kappa shape index (κ1) is 24.4. The molecule has 1 heterocycles. The molecule has 0 radical (unpaired) electrons. The maximum absolute atomic E-state index is 13.0. The van der Waals surface area contributed by atoms with E-state index in [0.29, 0.717) is 12.8 Å². The number of carbonyl (C=O) groups is 2. The molecule has 5 rings (SSSR count). The molecule has 0 bridgehead atoms. The zero-order valence-corrected chi connectivity index (χ0v) is 20.8. The first-order valence-electron chi connectivity index (χ1n) is 12.3. The largest absolute Gasteiger partial charge is 0.456 e. The van der Waals surface area contributed by atoms with Crippen LogP contribution >= 0.6 is 0 Å². The number of urea groups is 1. The van der Waals surface area contributed by atoms with Gasteiger partial charge in [0.1, 0.15) is 5.76 Å². The second-order valence-electron chi connectivity index (χ2n) is 9.38. The van der Waals surface area contributed by atoms with E-state index in [4.69, 9.17) is 9.15 Å². The molecule has 10 heteroatoms. The van der Waals surface area contributed by atoms with Crippen LogP contribution in [0.25, 0.3) is 0 Å². The van der Waals surface area contributed by atoms with Gasteiger partial charge in [0.2, 0.25) is 5.09 Å². The minimum absolute atomic E-state index is 0.146. The Balaban J connectivity index is 1.38. The average molecular weight is 513 g/mol. The summed E-state index contributed by atoms with van der Waals surface area (Å²) in [5.41, 5.74) is 3.75. The molecule has 1 aromatic carbocycles. The molecule has 9 nitrogen and oxygen atoms in total. The number of aliphatic hydroxyl groups is 1. The molecule has 0 saturated carbocycles. The van der Waals surface area contributed by atoms with Crippen molar-refractivity contribution in [3.05, 3.63) is 45.7 Å². The number of carbonyl (C=O) groups excluding carboxylic acids is 2. The molecule has 36 heavy (non-hydrogen) atoms. The SMILES string of the molecule is CCOC(=O)C#CC1(O)CCCc2oc(S(=O)(=O)NC(=O)Nc3c4c(cc5c3CCC5)CCC4)cc21. The van der Waals surface area contributed by atoms with Crippen LogP contribution in [-0.2, 0) is 57.3 Å². The van der Waals surface area contributed by atoms with Crippen LogP contribution in [0.5, 0.6) is 0 Å². The van der Waals surface area contributed by atoms with E-state index in [2.05, 4.69) is 23.2 Å². The van der Waals surface area contributed by atoms with Crippen LogP contribution in [-0.4, -0.2) is 32.1 Å². The summed E-state index contributed by atoms with van der Waals surface area (Å²) in [6, 6.07) is 2.53. The maximum atomic E-state index is 13.0. The van der Waals surface area contributed by atoms with E-state index in [0.717, 1.165) is 55.3 Å². The lowest BCUT2D eigenvalue weighted by Crippen LogP contribution is -2.34. The van der Waals surface area contributed by atoms with E-state index in [9.17, 15) is 23.1 Å². The highest BCUT2D eigenvalue weighted by atomic mass is 32.2. The number of rotatable bonds is 4. The number of hydrogen-bond donors (Lipinski definition) is 3. The Hall–Kier alpha value is -3.29.